The molecular formula is C15H18N2O3S. The van der Waals surface area contributed by atoms with Gasteiger partial charge in [0.25, 0.3) is 5.91 Å². The lowest BCUT2D eigenvalue weighted by Crippen LogP contribution is -2.27. The van der Waals surface area contributed by atoms with Crippen molar-refractivity contribution in [1.82, 2.24) is 4.98 Å². The fourth-order valence-electron chi connectivity index (χ4n) is 1.68. The molecule has 1 amide bonds. The molecule has 1 aromatic carbocycles. The van der Waals surface area contributed by atoms with Crippen LogP contribution in [-0.2, 0) is 16.1 Å². The summed E-state index contributed by atoms with van der Waals surface area (Å²) in [6.45, 7) is 3.95. The minimum absolute atomic E-state index is 0.202. The number of carbonyl (C=O) groups excluding carboxylic acids is 1. The van der Waals surface area contributed by atoms with Crippen LogP contribution in [0.3, 0.4) is 0 Å². The van der Waals surface area contributed by atoms with E-state index in [1.165, 1.54) is 11.3 Å². The minimum atomic E-state index is -0.555. The molecule has 0 bridgehead atoms. The predicted molar refractivity (Wildman–Crippen MR) is 82.7 cm³/mol. The highest BCUT2D eigenvalue weighted by molar-refractivity contribution is 7.13. The minimum Gasteiger partial charge on any atom is -0.497 e. The maximum atomic E-state index is 12.0. The van der Waals surface area contributed by atoms with E-state index in [0.717, 1.165) is 17.0 Å². The van der Waals surface area contributed by atoms with Gasteiger partial charge in [0.15, 0.2) is 5.13 Å². The summed E-state index contributed by atoms with van der Waals surface area (Å²) in [7, 11) is 1.62. The molecule has 0 aliphatic heterocycles. The third kappa shape index (κ3) is 4.54. The van der Waals surface area contributed by atoms with Crippen molar-refractivity contribution in [3.8, 4) is 5.75 Å². The molecule has 2 rings (SSSR count). The van der Waals surface area contributed by atoms with Crippen molar-refractivity contribution < 1.29 is 14.3 Å². The monoisotopic (exact) mass is 306 g/mol. The standard InChI is InChI=1S/C15H18N2O3S/c1-10-9-21-15(16-10)17-14(18)11(2)20-8-12-5-4-6-13(7-12)19-3/h4-7,9,11H,8H2,1-3H3,(H,16,17,18)/t11-/m1/s1. The van der Waals surface area contributed by atoms with E-state index in [-0.39, 0.29) is 5.91 Å². The fourth-order valence-corrected chi connectivity index (χ4v) is 2.37. The molecule has 1 atom stereocenters. The number of anilines is 1. The zero-order chi connectivity index (χ0) is 15.2. The summed E-state index contributed by atoms with van der Waals surface area (Å²) < 4.78 is 10.7. The van der Waals surface area contributed by atoms with E-state index in [9.17, 15) is 4.79 Å². The molecule has 112 valence electrons. The first-order valence-electron chi connectivity index (χ1n) is 6.56. The van der Waals surface area contributed by atoms with Crippen LogP contribution in [0, 0.1) is 6.92 Å². The third-order valence-corrected chi connectivity index (χ3v) is 3.73. The first-order chi connectivity index (χ1) is 10.1. The van der Waals surface area contributed by atoms with E-state index in [1.807, 2.05) is 36.6 Å². The van der Waals surface area contributed by atoms with Gasteiger partial charge >= 0.3 is 0 Å². The van der Waals surface area contributed by atoms with Crippen molar-refractivity contribution in [2.45, 2.75) is 26.6 Å². The van der Waals surface area contributed by atoms with E-state index in [2.05, 4.69) is 10.3 Å². The van der Waals surface area contributed by atoms with Crippen molar-refractivity contribution in [1.29, 1.82) is 0 Å². The maximum absolute atomic E-state index is 12.0. The molecular weight excluding hydrogens is 288 g/mol. The lowest BCUT2D eigenvalue weighted by Gasteiger charge is -2.12. The van der Waals surface area contributed by atoms with Crippen molar-refractivity contribution >= 4 is 22.4 Å². The van der Waals surface area contributed by atoms with Gasteiger partial charge in [0.2, 0.25) is 0 Å². The molecule has 0 saturated carbocycles. The molecule has 2 aromatic rings. The van der Waals surface area contributed by atoms with Gasteiger partial charge in [-0.2, -0.15) is 0 Å². The van der Waals surface area contributed by atoms with Crippen LogP contribution in [0.25, 0.3) is 0 Å². The Morgan fingerprint density at radius 2 is 2.29 bits per heavy atom. The third-order valence-electron chi connectivity index (χ3n) is 2.85. The topological polar surface area (TPSA) is 60.5 Å². The Bertz CT molecular complexity index is 612. The zero-order valence-corrected chi connectivity index (χ0v) is 13.1. The first-order valence-corrected chi connectivity index (χ1v) is 7.44. The second kappa shape index (κ2) is 7.19. The van der Waals surface area contributed by atoms with E-state index in [1.54, 1.807) is 14.0 Å². The Morgan fingerprint density at radius 1 is 1.48 bits per heavy atom. The summed E-state index contributed by atoms with van der Waals surface area (Å²) >= 11 is 1.40. The summed E-state index contributed by atoms with van der Waals surface area (Å²) in [5.41, 5.74) is 1.85. The van der Waals surface area contributed by atoms with E-state index in [4.69, 9.17) is 9.47 Å². The Labute approximate surface area is 127 Å². The number of ether oxygens (including phenoxy) is 2. The number of methoxy groups -OCH3 is 1. The second-order valence-corrected chi connectivity index (χ2v) is 5.45. The molecule has 5 nitrogen and oxygen atoms in total. The van der Waals surface area contributed by atoms with Gasteiger partial charge in [0.1, 0.15) is 11.9 Å². The summed E-state index contributed by atoms with van der Waals surface area (Å²) in [4.78, 5) is 16.2. The van der Waals surface area contributed by atoms with Crippen LogP contribution in [-0.4, -0.2) is 24.1 Å². The highest BCUT2D eigenvalue weighted by atomic mass is 32.1. The number of carbonyl (C=O) groups is 1. The van der Waals surface area contributed by atoms with Crippen LogP contribution < -0.4 is 10.1 Å². The Morgan fingerprint density at radius 3 is 2.95 bits per heavy atom. The molecule has 0 unspecified atom stereocenters. The largest absolute Gasteiger partial charge is 0.497 e. The fraction of sp³-hybridized carbons (Fsp3) is 0.333. The van der Waals surface area contributed by atoms with E-state index in [0.29, 0.717) is 11.7 Å². The number of aromatic nitrogens is 1. The highest BCUT2D eigenvalue weighted by Crippen LogP contribution is 2.16. The number of hydrogen-bond donors (Lipinski definition) is 1. The van der Waals surface area contributed by atoms with Crippen LogP contribution in [0.5, 0.6) is 5.75 Å². The van der Waals surface area contributed by atoms with Gasteiger partial charge in [-0.25, -0.2) is 4.98 Å². The van der Waals surface area contributed by atoms with Gasteiger partial charge in [-0.05, 0) is 31.5 Å². The van der Waals surface area contributed by atoms with Crippen LogP contribution in [0.4, 0.5) is 5.13 Å². The Balaban J connectivity index is 1.85. The van der Waals surface area contributed by atoms with Crippen LogP contribution in [0.1, 0.15) is 18.2 Å². The lowest BCUT2D eigenvalue weighted by atomic mass is 10.2. The van der Waals surface area contributed by atoms with Gasteiger partial charge in [0.05, 0.1) is 19.4 Å². The molecule has 0 saturated heterocycles. The quantitative estimate of drug-likeness (QED) is 0.891. The summed E-state index contributed by atoms with van der Waals surface area (Å²) in [5.74, 6) is 0.568. The van der Waals surface area contributed by atoms with Gasteiger partial charge < -0.3 is 9.47 Å². The molecule has 6 heteroatoms. The number of benzene rings is 1. The smallest absolute Gasteiger partial charge is 0.255 e. The van der Waals surface area contributed by atoms with Gasteiger partial charge in [-0.1, -0.05) is 12.1 Å². The van der Waals surface area contributed by atoms with E-state index < -0.39 is 6.10 Å². The summed E-state index contributed by atoms with van der Waals surface area (Å²) in [5, 5.41) is 5.22. The Hall–Kier alpha value is -1.92. The van der Waals surface area contributed by atoms with Crippen LogP contribution >= 0.6 is 11.3 Å². The lowest BCUT2D eigenvalue weighted by molar-refractivity contribution is -0.127. The van der Waals surface area contributed by atoms with Gasteiger partial charge in [-0.15, -0.1) is 11.3 Å². The number of hydrogen-bond acceptors (Lipinski definition) is 5. The van der Waals surface area contributed by atoms with Gasteiger partial charge in [-0.3, -0.25) is 10.1 Å². The molecule has 0 radical (unpaired) electrons. The summed E-state index contributed by atoms with van der Waals surface area (Å²) in [6, 6.07) is 7.57. The normalized spacial score (nSPS) is 12.0. The molecule has 0 spiro atoms. The first kappa shape index (κ1) is 15.5. The average Bonchev–Trinajstić information content (AvgIpc) is 2.90. The molecule has 0 aliphatic rings. The van der Waals surface area contributed by atoms with Crippen molar-refractivity contribution in [3.05, 3.63) is 40.9 Å². The molecule has 0 aliphatic carbocycles. The van der Waals surface area contributed by atoms with Crippen LogP contribution in [0.15, 0.2) is 29.6 Å². The SMILES string of the molecule is COc1cccc(CO[C@H](C)C(=O)Nc2nc(C)cs2)c1. The molecule has 0 fully saturated rings. The molecule has 1 N–H and O–H groups in total. The number of thiazole rings is 1. The second-order valence-electron chi connectivity index (χ2n) is 4.59. The molecule has 1 heterocycles. The number of nitrogens with zero attached hydrogens (tertiary/aromatic N) is 1. The van der Waals surface area contributed by atoms with Crippen LogP contribution in [0.2, 0.25) is 0 Å². The predicted octanol–water partition coefficient (Wildman–Crippen LogP) is 3.00. The van der Waals surface area contributed by atoms with E-state index >= 15 is 0 Å². The molecule has 21 heavy (non-hydrogen) atoms. The number of rotatable bonds is 6. The van der Waals surface area contributed by atoms with Crippen molar-refractivity contribution in [2.75, 3.05) is 12.4 Å². The van der Waals surface area contributed by atoms with Gasteiger partial charge in [0, 0.05) is 5.38 Å². The molecule has 1 aromatic heterocycles. The Kier molecular flexibility index (Phi) is 5.30. The number of nitrogens with one attached hydrogen (secondary N) is 1. The number of amides is 1. The maximum Gasteiger partial charge on any atom is 0.255 e. The zero-order valence-electron chi connectivity index (χ0n) is 12.3. The average molecular weight is 306 g/mol. The highest BCUT2D eigenvalue weighted by Gasteiger charge is 2.15. The number of aryl methyl sites for hydroxylation is 1. The van der Waals surface area contributed by atoms with Crippen molar-refractivity contribution in [2.24, 2.45) is 0 Å². The van der Waals surface area contributed by atoms with Crippen molar-refractivity contribution in [3.63, 3.8) is 0 Å². The summed E-state index contributed by atoms with van der Waals surface area (Å²) in [6.07, 6.45) is -0.555.